The molecule has 0 amide bonds. The standard InChI is InChI=1S/C15H26O3/c1-5-16-11-14(3)7-12-9-15(4,17-6-2)10-13(8-14)18-12/h6,12-13H,2,5,7-11H2,1,3-4H3. The van der Waals surface area contributed by atoms with Gasteiger partial charge in [0, 0.05) is 19.4 Å². The lowest BCUT2D eigenvalue weighted by molar-refractivity contribution is -0.193. The van der Waals surface area contributed by atoms with E-state index in [1.165, 1.54) is 0 Å². The largest absolute Gasteiger partial charge is 0.496 e. The summed E-state index contributed by atoms with van der Waals surface area (Å²) in [6, 6.07) is 0. The molecule has 2 atom stereocenters. The Morgan fingerprint density at radius 2 is 1.83 bits per heavy atom. The fraction of sp³-hybridized carbons (Fsp3) is 0.867. The van der Waals surface area contributed by atoms with Crippen LogP contribution in [0.4, 0.5) is 0 Å². The Hall–Kier alpha value is -0.540. The lowest BCUT2D eigenvalue weighted by atomic mass is 9.70. The average Bonchev–Trinajstić information content (AvgIpc) is 2.24. The van der Waals surface area contributed by atoms with E-state index in [9.17, 15) is 0 Å². The summed E-state index contributed by atoms with van der Waals surface area (Å²) in [5.74, 6) is 0. The summed E-state index contributed by atoms with van der Waals surface area (Å²) in [6.45, 7) is 11.9. The molecule has 2 aliphatic heterocycles. The summed E-state index contributed by atoms with van der Waals surface area (Å²) in [6.07, 6.45) is 6.22. The highest BCUT2D eigenvalue weighted by molar-refractivity contribution is 4.97. The highest BCUT2D eigenvalue weighted by atomic mass is 16.5. The third-order valence-corrected chi connectivity index (χ3v) is 4.17. The van der Waals surface area contributed by atoms with Gasteiger partial charge in [0.1, 0.15) is 5.60 Å². The minimum atomic E-state index is -0.0950. The van der Waals surface area contributed by atoms with Crippen molar-refractivity contribution in [3.05, 3.63) is 12.8 Å². The minimum absolute atomic E-state index is 0.0950. The van der Waals surface area contributed by atoms with Crippen molar-refractivity contribution in [2.75, 3.05) is 13.2 Å². The normalized spacial score (nSPS) is 43.5. The Balaban J connectivity index is 2.00. The maximum atomic E-state index is 6.07. The van der Waals surface area contributed by atoms with E-state index >= 15 is 0 Å². The maximum Gasteiger partial charge on any atom is 0.110 e. The van der Waals surface area contributed by atoms with Crippen molar-refractivity contribution in [1.29, 1.82) is 0 Å². The van der Waals surface area contributed by atoms with Crippen molar-refractivity contribution >= 4 is 0 Å². The van der Waals surface area contributed by atoms with Crippen LogP contribution in [0, 0.1) is 5.41 Å². The van der Waals surface area contributed by atoms with Crippen molar-refractivity contribution in [2.24, 2.45) is 5.41 Å². The van der Waals surface area contributed by atoms with Gasteiger partial charge in [-0.05, 0) is 32.1 Å². The van der Waals surface area contributed by atoms with Gasteiger partial charge in [0.15, 0.2) is 0 Å². The predicted molar refractivity (Wildman–Crippen MR) is 71.4 cm³/mol. The molecule has 3 heteroatoms. The number of ether oxygens (including phenoxy) is 3. The lowest BCUT2D eigenvalue weighted by Crippen LogP contribution is -2.52. The molecular weight excluding hydrogens is 228 g/mol. The fourth-order valence-electron chi connectivity index (χ4n) is 3.60. The van der Waals surface area contributed by atoms with E-state index in [0.717, 1.165) is 38.9 Å². The summed E-state index contributed by atoms with van der Waals surface area (Å²) < 4.78 is 17.4. The second kappa shape index (κ2) is 5.22. The van der Waals surface area contributed by atoms with E-state index in [-0.39, 0.29) is 11.0 Å². The molecule has 0 spiro atoms. The van der Waals surface area contributed by atoms with Crippen LogP contribution >= 0.6 is 0 Å². The molecule has 2 unspecified atom stereocenters. The van der Waals surface area contributed by atoms with E-state index in [1.54, 1.807) is 6.26 Å². The molecular formula is C15H26O3. The Kier molecular flexibility index (Phi) is 4.02. The molecule has 3 nitrogen and oxygen atoms in total. The Morgan fingerprint density at radius 1 is 1.22 bits per heavy atom. The van der Waals surface area contributed by atoms with Gasteiger partial charge in [0.2, 0.25) is 0 Å². The van der Waals surface area contributed by atoms with Crippen LogP contribution in [0.1, 0.15) is 46.5 Å². The topological polar surface area (TPSA) is 27.7 Å². The van der Waals surface area contributed by atoms with Crippen molar-refractivity contribution in [1.82, 2.24) is 0 Å². The molecule has 18 heavy (non-hydrogen) atoms. The van der Waals surface area contributed by atoms with E-state index in [2.05, 4.69) is 27.4 Å². The highest BCUT2D eigenvalue weighted by Gasteiger charge is 2.47. The molecule has 2 saturated heterocycles. The molecule has 104 valence electrons. The molecule has 0 N–H and O–H groups in total. The van der Waals surface area contributed by atoms with Gasteiger partial charge in [-0.25, -0.2) is 0 Å². The van der Waals surface area contributed by atoms with Gasteiger partial charge in [-0.2, -0.15) is 0 Å². The van der Waals surface area contributed by atoms with Crippen molar-refractivity contribution in [3.63, 3.8) is 0 Å². The van der Waals surface area contributed by atoms with Crippen LogP contribution in [0.3, 0.4) is 0 Å². The maximum absolute atomic E-state index is 6.07. The highest BCUT2D eigenvalue weighted by Crippen LogP contribution is 2.46. The second-order valence-electron chi connectivity index (χ2n) is 6.38. The number of fused-ring (bicyclic) bond motifs is 2. The fourth-order valence-corrected chi connectivity index (χ4v) is 3.60. The van der Waals surface area contributed by atoms with Crippen molar-refractivity contribution < 1.29 is 14.2 Å². The van der Waals surface area contributed by atoms with Crippen LogP contribution in [-0.2, 0) is 14.2 Å². The smallest absolute Gasteiger partial charge is 0.110 e. The van der Waals surface area contributed by atoms with E-state index in [1.807, 2.05) is 0 Å². The molecule has 2 aliphatic rings. The molecule has 0 aromatic heterocycles. The van der Waals surface area contributed by atoms with Crippen LogP contribution in [0.15, 0.2) is 12.8 Å². The third kappa shape index (κ3) is 3.07. The third-order valence-electron chi connectivity index (χ3n) is 4.17. The molecule has 2 fully saturated rings. The van der Waals surface area contributed by atoms with Crippen molar-refractivity contribution in [3.8, 4) is 0 Å². The lowest BCUT2D eigenvalue weighted by Gasteiger charge is -2.50. The Bertz CT molecular complexity index is 286. The zero-order valence-corrected chi connectivity index (χ0v) is 11.9. The van der Waals surface area contributed by atoms with Crippen LogP contribution in [0.2, 0.25) is 0 Å². The van der Waals surface area contributed by atoms with Gasteiger partial charge in [-0.3, -0.25) is 0 Å². The predicted octanol–water partition coefficient (Wildman–Crippen LogP) is 3.29. The van der Waals surface area contributed by atoms with Crippen LogP contribution in [0.25, 0.3) is 0 Å². The molecule has 0 aliphatic carbocycles. The number of rotatable bonds is 5. The minimum Gasteiger partial charge on any atom is -0.496 e. The zero-order valence-electron chi connectivity index (χ0n) is 11.9. The first-order valence-corrected chi connectivity index (χ1v) is 7.00. The quantitative estimate of drug-likeness (QED) is 0.705. The van der Waals surface area contributed by atoms with Gasteiger partial charge in [-0.15, -0.1) is 0 Å². The van der Waals surface area contributed by atoms with E-state index < -0.39 is 0 Å². The molecule has 0 radical (unpaired) electrons. The number of hydrogen-bond donors (Lipinski definition) is 0. The van der Waals surface area contributed by atoms with Gasteiger partial charge in [0.25, 0.3) is 0 Å². The van der Waals surface area contributed by atoms with Crippen molar-refractivity contribution in [2.45, 2.75) is 64.3 Å². The summed E-state index contributed by atoms with van der Waals surface area (Å²) in [7, 11) is 0. The van der Waals surface area contributed by atoms with Gasteiger partial charge in [-0.1, -0.05) is 13.5 Å². The first kappa shape index (κ1) is 13.9. The van der Waals surface area contributed by atoms with E-state index in [0.29, 0.717) is 12.2 Å². The average molecular weight is 254 g/mol. The molecule has 2 rings (SSSR count). The molecule has 0 aromatic carbocycles. The van der Waals surface area contributed by atoms with Crippen LogP contribution in [0.5, 0.6) is 0 Å². The zero-order chi connectivity index (χ0) is 13.2. The van der Waals surface area contributed by atoms with E-state index in [4.69, 9.17) is 14.2 Å². The Morgan fingerprint density at radius 3 is 2.33 bits per heavy atom. The first-order chi connectivity index (χ1) is 8.49. The first-order valence-electron chi connectivity index (χ1n) is 7.00. The number of hydrogen-bond acceptors (Lipinski definition) is 3. The van der Waals surface area contributed by atoms with Gasteiger partial charge in [0.05, 0.1) is 25.1 Å². The SMILES string of the molecule is C=COC1(C)CC2CC(C)(COCC)CC(C1)O2. The van der Waals surface area contributed by atoms with Gasteiger partial charge >= 0.3 is 0 Å². The second-order valence-corrected chi connectivity index (χ2v) is 6.38. The summed E-state index contributed by atoms with van der Waals surface area (Å²) in [5.41, 5.74) is 0.168. The summed E-state index contributed by atoms with van der Waals surface area (Å²) in [5, 5.41) is 0. The molecule has 2 heterocycles. The molecule has 2 bridgehead atoms. The van der Waals surface area contributed by atoms with Crippen LogP contribution in [-0.4, -0.2) is 31.0 Å². The monoisotopic (exact) mass is 254 g/mol. The molecule has 0 saturated carbocycles. The molecule has 0 aromatic rings. The Labute approximate surface area is 110 Å². The summed E-state index contributed by atoms with van der Waals surface area (Å²) in [4.78, 5) is 0. The summed E-state index contributed by atoms with van der Waals surface area (Å²) >= 11 is 0. The van der Waals surface area contributed by atoms with Gasteiger partial charge < -0.3 is 14.2 Å². The van der Waals surface area contributed by atoms with Crippen LogP contribution < -0.4 is 0 Å².